The molecule has 0 N–H and O–H groups in total. The van der Waals surface area contributed by atoms with Crippen molar-refractivity contribution < 1.29 is 4.12 Å². The molecule has 0 bridgehead atoms. The van der Waals surface area contributed by atoms with E-state index in [0.717, 1.165) is 0 Å². The van der Waals surface area contributed by atoms with Gasteiger partial charge in [-0.2, -0.15) is 0 Å². The van der Waals surface area contributed by atoms with Crippen LogP contribution in [-0.4, -0.2) is 16.6 Å². The van der Waals surface area contributed by atoms with Crippen LogP contribution in [0.15, 0.2) is 12.7 Å². The average Bonchev–Trinajstić information content (AvgIpc) is 1.80. The van der Waals surface area contributed by atoms with Gasteiger partial charge in [-0.05, 0) is 38.3 Å². The lowest BCUT2D eigenvalue weighted by Crippen LogP contribution is -2.44. The molecule has 1 unspecified atom stereocenters. The Morgan fingerprint density at radius 1 is 1.17 bits per heavy atom. The Balaban J connectivity index is 4.31. The van der Waals surface area contributed by atoms with Crippen LogP contribution in [0.5, 0.6) is 0 Å². The molecule has 12 heavy (non-hydrogen) atoms. The van der Waals surface area contributed by atoms with Gasteiger partial charge in [-0.1, -0.05) is 13.0 Å². The van der Waals surface area contributed by atoms with E-state index in [9.17, 15) is 0 Å². The van der Waals surface area contributed by atoms with Crippen molar-refractivity contribution in [2.45, 2.75) is 45.2 Å². The van der Waals surface area contributed by atoms with Crippen molar-refractivity contribution >= 4 is 16.6 Å². The molecule has 0 aromatic heterocycles. The van der Waals surface area contributed by atoms with Gasteiger partial charge in [0.1, 0.15) is 0 Å². The molecule has 0 saturated heterocycles. The fourth-order valence-corrected chi connectivity index (χ4v) is 8.79. The molecule has 0 saturated carbocycles. The molecular formula is C9H22OSi2. The summed E-state index contributed by atoms with van der Waals surface area (Å²) in [5, 5.41) is 0. The topological polar surface area (TPSA) is 9.23 Å². The molecule has 0 aliphatic heterocycles. The number of hydrogen-bond donors (Lipinski definition) is 0. The van der Waals surface area contributed by atoms with E-state index in [-0.39, 0.29) is 0 Å². The zero-order valence-corrected chi connectivity index (χ0v) is 11.3. The molecule has 0 radical (unpaired) electrons. The molecular weight excluding hydrogens is 180 g/mol. The van der Waals surface area contributed by atoms with E-state index >= 15 is 0 Å². The average molecular weight is 202 g/mol. The van der Waals surface area contributed by atoms with Gasteiger partial charge in [0.2, 0.25) is 0 Å². The van der Waals surface area contributed by atoms with Crippen molar-refractivity contribution in [1.29, 1.82) is 0 Å². The molecule has 1 atom stereocenters. The first-order valence-electron chi connectivity index (χ1n) is 4.52. The van der Waals surface area contributed by atoms with Crippen molar-refractivity contribution in [3.05, 3.63) is 12.7 Å². The van der Waals surface area contributed by atoms with Gasteiger partial charge in [0.15, 0.2) is 16.6 Å². The molecule has 0 heterocycles. The normalized spacial score (nSPS) is 15.8. The lowest BCUT2D eigenvalue weighted by molar-refractivity contribution is 0.540. The predicted octanol–water partition coefficient (Wildman–Crippen LogP) is 3.62. The van der Waals surface area contributed by atoms with Crippen LogP contribution in [0, 0.1) is 0 Å². The Morgan fingerprint density at radius 3 is 1.83 bits per heavy atom. The van der Waals surface area contributed by atoms with E-state index in [0.29, 0.717) is 5.54 Å². The Bertz CT molecular complexity index is 158. The molecule has 0 spiro atoms. The van der Waals surface area contributed by atoms with Crippen LogP contribution in [0.1, 0.15) is 6.92 Å². The van der Waals surface area contributed by atoms with Crippen LogP contribution in [0.4, 0.5) is 0 Å². The monoisotopic (exact) mass is 202 g/mol. The summed E-state index contributed by atoms with van der Waals surface area (Å²) in [6, 6.07) is 0. The highest BCUT2D eigenvalue weighted by Gasteiger charge is 2.33. The summed E-state index contributed by atoms with van der Waals surface area (Å²) in [7, 11) is -2.86. The fourth-order valence-electron chi connectivity index (χ4n) is 1.17. The summed E-state index contributed by atoms with van der Waals surface area (Å²) in [4.78, 5) is 0. The SMILES string of the molecule is C=CC(C)[Si](C)(C)O[Si](C)(C)C. The van der Waals surface area contributed by atoms with Crippen LogP contribution in [0.3, 0.4) is 0 Å². The summed E-state index contributed by atoms with van der Waals surface area (Å²) in [6.45, 7) is 17.3. The third-order valence-corrected chi connectivity index (χ3v) is 9.00. The van der Waals surface area contributed by atoms with Gasteiger partial charge in [0.25, 0.3) is 0 Å². The second-order valence-corrected chi connectivity index (χ2v) is 14.0. The summed E-state index contributed by atoms with van der Waals surface area (Å²) in [5.74, 6) is 0. The minimum Gasteiger partial charge on any atom is -0.455 e. The zero-order chi connectivity index (χ0) is 9.99. The van der Waals surface area contributed by atoms with Gasteiger partial charge < -0.3 is 4.12 Å². The number of allylic oxidation sites excluding steroid dienone is 1. The van der Waals surface area contributed by atoms with Crippen molar-refractivity contribution in [2.24, 2.45) is 0 Å². The van der Waals surface area contributed by atoms with Crippen molar-refractivity contribution in [1.82, 2.24) is 0 Å². The number of hydrogen-bond acceptors (Lipinski definition) is 1. The molecule has 0 aliphatic carbocycles. The Kier molecular flexibility index (Phi) is 3.94. The van der Waals surface area contributed by atoms with Crippen LogP contribution < -0.4 is 0 Å². The van der Waals surface area contributed by atoms with Gasteiger partial charge in [0, 0.05) is 0 Å². The highest BCUT2D eigenvalue weighted by Crippen LogP contribution is 2.26. The lowest BCUT2D eigenvalue weighted by Gasteiger charge is -2.34. The number of rotatable bonds is 4. The van der Waals surface area contributed by atoms with E-state index < -0.39 is 16.6 Å². The predicted molar refractivity (Wildman–Crippen MR) is 61.5 cm³/mol. The highest BCUT2D eigenvalue weighted by molar-refractivity contribution is 6.85. The van der Waals surface area contributed by atoms with Crippen molar-refractivity contribution in [2.75, 3.05) is 0 Å². The fraction of sp³-hybridized carbons (Fsp3) is 0.778. The second kappa shape index (κ2) is 3.89. The maximum atomic E-state index is 6.18. The summed E-state index contributed by atoms with van der Waals surface area (Å²) >= 11 is 0. The van der Waals surface area contributed by atoms with E-state index in [1.54, 1.807) is 0 Å². The quantitative estimate of drug-likeness (QED) is 0.500. The maximum absolute atomic E-state index is 6.18. The van der Waals surface area contributed by atoms with E-state index in [2.05, 4.69) is 46.2 Å². The van der Waals surface area contributed by atoms with Crippen LogP contribution in [0.25, 0.3) is 0 Å². The van der Waals surface area contributed by atoms with Gasteiger partial charge in [-0.15, -0.1) is 6.58 Å². The third-order valence-electron chi connectivity index (χ3n) is 2.02. The van der Waals surface area contributed by atoms with Gasteiger partial charge in [-0.25, -0.2) is 0 Å². The van der Waals surface area contributed by atoms with Crippen molar-refractivity contribution in [3.8, 4) is 0 Å². The zero-order valence-electron chi connectivity index (χ0n) is 9.27. The lowest BCUT2D eigenvalue weighted by atomic mass is 10.5. The molecule has 1 nitrogen and oxygen atoms in total. The smallest absolute Gasteiger partial charge is 0.180 e. The summed E-state index contributed by atoms with van der Waals surface area (Å²) in [5.41, 5.74) is 0.546. The van der Waals surface area contributed by atoms with Gasteiger partial charge in [-0.3, -0.25) is 0 Å². The summed E-state index contributed by atoms with van der Waals surface area (Å²) < 4.78 is 6.18. The second-order valence-electron chi connectivity index (χ2n) is 4.84. The molecule has 0 fully saturated rings. The molecule has 72 valence electrons. The first kappa shape index (κ1) is 12.1. The first-order valence-corrected chi connectivity index (χ1v) is 10.9. The van der Waals surface area contributed by atoms with E-state index in [4.69, 9.17) is 4.12 Å². The molecule has 0 aromatic carbocycles. The summed E-state index contributed by atoms with van der Waals surface area (Å²) in [6.07, 6.45) is 2.02. The standard InChI is InChI=1S/C9H22OSi2/c1-8-9(2)12(6,7)10-11(3,4)5/h8-9H,1H2,2-7H3. The molecule has 0 aliphatic rings. The van der Waals surface area contributed by atoms with E-state index in [1.807, 2.05) is 6.08 Å². The first-order chi connectivity index (χ1) is 5.19. The van der Waals surface area contributed by atoms with Crippen LogP contribution in [0.2, 0.25) is 38.3 Å². The minimum absolute atomic E-state index is 0.546. The Labute approximate surface area is 79.1 Å². The third kappa shape index (κ3) is 4.23. The molecule has 0 rings (SSSR count). The Hall–Kier alpha value is 0.134. The van der Waals surface area contributed by atoms with Crippen LogP contribution in [-0.2, 0) is 4.12 Å². The van der Waals surface area contributed by atoms with Crippen LogP contribution >= 0.6 is 0 Å². The minimum atomic E-state index is -1.50. The largest absolute Gasteiger partial charge is 0.455 e. The van der Waals surface area contributed by atoms with E-state index in [1.165, 1.54) is 0 Å². The molecule has 3 heteroatoms. The molecule has 0 aromatic rings. The van der Waals surface area contributed by atoms with Crippen molar-refractivity contribution in [3.63, 3.8) is 0 Å². The van der Waals surface area contributed by atoms with Gasteiger partial charge >= 0.3 is 0 Å². The van der Waals surface area contributed by atoms with Gasteiger partial charge in [0.05, 0.1) is 0 Å². The highest BCUT2D eigenvalue weighted by atomic mass is 28.4. The Morgan fingerprint density at radius 2 is 1.58 bits per heavy atom. The molecule has 0 amide bonds. The maximum Gasteiger partial charge on any atom is 0.180 e.